The number of halogens is 2. The Balaban J connectivity index is 2.35. The molecule has 2 aromatic rings. The minimum absolute atomic E-state index is 0.0552. The number of benzene rings is 2. The number of rotatable bonds is 3. The molecule has 8 heteroatoms. The fourth-order valence-corrected chi connectivity index (χ4v) is 2.43. The van der Waals surface area contributed by atoms with Gasteiger partial charge in [0.1, 0.15) is 10.7 Å². The Bertz CT molecular complexity index is 809. The van der Waals surface area contributed by atoms with Gasteiger partial charge in [-0.3, -0.25) is 4.79 Å². The average Bonchev–Trinajstić information content (AvgIpc) is 2.40. The van der Waals surface area contributed by atoms with E-state index in [4.69, 9.17) is 16.7 Å². The second kappa shape index (κ2) is 5.80. The zero-order valence-electron chi connectivity index (χ0n) is 10.5. The number of hydrogen-bond donors (Lipinski definition) is 2. The van der Waals surface area contributed by atoms with E-state index in [1.807, 2.05) is 0 Å². The third-order valence-electron chi connectivity index (χ3n) is 2.62. The van der Waals surface area contributed by atoms with E-state index in [0.717, 1.165) is 18.2 Å². The zero-order valence-corrected chi connectivity index (χ0v) is 12.1. The van der Waals surface area contributed by atoms with Crippen molar-refractivity contribution in [2.75, 3.05) is 5.32 Å². The summed E-state index contributed by atoms with van der Waals surface area (Å²) in [7, 11) is -4.25. The molecule has 21 heavy (non-hydrogen) atoms. The van der Waals surface area contributed by atoms with Gasteiger partial charge in [0, 0.05) is 5.56 Å². The monoisotopic (exact) mass is 328 g/mol. The van der Waals surface area contributed by atoms with Crippen LogP contribution in [-0.4, -0.2) is 14.3 Å². The maximum absolute atomic E-state index is 13.4. The first kappa shape index (κ1) is 15.4. The number of nitrogens with one attached hydrogen (secondary N) is 1. The summed E-state index contributed by atoms with van der Waals surface area (Å²) < 4.78 is 35.9. The average molecular weight is 329 g/mol. The van der Waals surface area contributed by atoms with Crippen LogP contribution in [-0.2, 0) is 10.0 Å². The summed E-state index contributed by atoms with van der Waals surface area (Å²) in [4.78, 5) is 11.3. The van der Waals surface area contributed by atoms with Crippen molar-refractivity contribution < 1.29 is 17.6 Å². The van der Waals surface area contributed by atoms with Crippen LogP contribution in [0.2, 0.25) is 5.02 Å². The molecule has 3 N–H and O–H groups in total. The number of amides is 1. The Morgan fingerprint density at radius 1 is 1.19 bits per heavy atom. The van der Waals surface area contributed by atoms with Gasteiger partial charge in [-0.2, -0.15) is 0 Å². The summed E-state index contributed by atoms with van der Waals surface area (Å²) in [5, 5.41) is 7.70. The molecule has 0 aliphatic rings. The van der Waals surface area contributed by atoms with E-state index < -0.39 is 26.6 Å². The molecule has 5 nitrogen and oxygen atoms in total. The van der Waals surface area contributed by atoms with Crippen molar-refractivity contribution >= 4 is 33.2 Å². The minimum Gasteiger partial charge on any atom is -0.321 e. The summed E-state index contributed by atoms with van der Waals surface area (Å²) in [5.41, 5.74) is 0.297. The largest absolute Gasteiger partial charge is 0.321 e. The molecule has 0 unspecified atom stereocenters. The first-order valence-electron chi connectivity index (χ1n) is 5.67. The molecule has 2 rings (SSSR count). The molecular weight excluding hydrogens is 319 g/mol. The number of nitrogens with two attached hydrogens (primary N) is 1. The number of carbonyl (C=O) groups excluding carboxylic acids is 1. The normalized spacial score (nSPS) is 11.2. The van der Waals surface area contributed by atoms with Crippen molar-refractivity contribution in [1.29, 1.82) is 0 Å². The molecule has 0 aliphatic heterocycles. The molecule has 0 saturated heterocycles. The van der Waals surface area contributed by atoms with Crippen LogP contribution in [0.1, 0.15) is 10.4 Å². The molecule has 0 radical (unpaired) electrons. The first-order valence-corrected chi connectivity index (χ1v) is 7.59. The topological polar surface area (TPSA) is 89.3 Å². The SMILES string of the molecule is NS(=O)(=O)c1cc(C(=O)Nc2ccccc2Cl)ccc1F. The molecule has 0 atom stereocenters. The first-order chi connectivity index (χ1) is 9.79. The van der Waals surface area contributed by atoms with Crippen LogP contribution in [0, 0.1) is 5.82 Å². The molecular formula is C13H10ClFN2O3S. The smallest absolute Gasteiger partial charge is 0.255 e. The maximum Gasteiger partial charge on any atom is 0.255 e. The molecule has 110 valence electrons. The fraction of sp³-hybridized carbons (Fsp3) is 0. The van der Waals surface area contributed by atoms with Gasteiger partial charge >= 0.3 is 0 Å². The van der Waals surface area contributed by atoms with Crippen LogP contribution in [0.5, 0.6) is 0 Å². The summed E-state index contributed by atoms with van der Waals surface area (Å²) in [6.07, 6.45) is 0. The maximum atomic E-state index is 13.4. The van der Waals surface area contributed by atoms with Gasteiger partial charge in [-0.15, -0.1) is 0 Å². The third kappa shape index (κ3) is 3.57. The predicted molar refractivity (Wildman–Crippen MR) is 77.2 cm³/mol. The highest BCUT2D eigenvalue weighted by Crippen LogP contribution is 2.22. The van der Waals surface area contributed by atoms with Gasteiger partial charge in [-0.05, 0) is 30.3 Å². The molecule has 0 saturated carbocycles. The van der Waals surface area contributed by atoms with Gasteiger partial charge in [0.2, 0.25) is 10.0 Å². The van der Waals surface area contributed by atoms with Gasteiger partial charge in [-0.25, -0.2) is 17.9 Å². The lowest BCUT2D eigenvalue weighted by atomic mass is 10.2. The van der Waals surface area contributed by atoms with E-state index >= 15 is 0 Å². The van der Waals surface area contributed by atoms with E-state index in [0.29, 0.717) is 10.7 Å². The Labute approximate surface area is 125 Å². The highest BCUT2D eigenvalue weighted by Gasteiger charge is 2.17. The summed E-state index contributed by atoms with van der Waals surface area (Å²) in [6.45, 7) is 0. The predicted octanol–water partition coefficient (Wildman–Crippen LogP) is 2.38. The number of primary sulfonamides is 1. The summed E-state index contributed by atoms with van der Waals surface area (Å²) in [5.74, 6) is -1.65. The molecule has 0 spiro atoms. The highest BCUT2D eigenvalue weighted by atomic mass is 35.5. The van der Waals surface area contributed by atoms with Crippen LogP contribution in [0.25, 0.3) is 0 Å². The van der Waals surface area contributed by atoms with Crippen LogP contribution >= 0.6 is 11.6 Å². The lowest BCUT2D eigenvalue weighted by molar-refractivity contribution is 0.102. The second-order valence-electron chi connectivity index (χ2n) is 4.12. The van der Waals surface area contributed by atoms with Crippen molar-refractivity contribution in [3.05, 3.63) is 58.9 Å². The molecule has 1 amide bonds. The quantitative estimate of drug-likeness (QED) is 0.906. The molecule has 0 aliphatic carbocycles. The molecule has 0 aromatic heterocycles. The van der Waals surface area contributed by atoms with E-state index in [2.05, 4.69) is 5.32 Å². The van der Waals surface area contributed by atoms with Crippen LogP contribution in [0.3, 0.4) is 0 Å². The van der Waals surface area contributed by atoms with Crippen molar-refractivity contribution in [3.8, 4) is 0 Å². The van der Waals surface area contributed by atoms with Crippen LogP contribution in [0.15, 0.2) is 47.4 Å². The molecule has 2 aromatic carbocycles. The zero-order chi connectivity index (χ0) is 15.6. The summed E-state index contributed by atoms with van der Waals surface area (Å²) >= 11 is 5.89. The Kier molecular flexibility index (Phi) is 4.26. The van der Waals surface area contributed by atoms with Gasteiger partial charge < -0.3 is 5.32 Å². The van der Waals surface area contributed by atoms with Crippen LogP contribution < -0.4 is 10.5 Å². The lowest BCUT2D eigenvalue weighted by Gasteiger charge is -2.08. The second-order valence-corrected chi connectivity index (χ2v) is 6.06. The Hall–Kier alpha value is -1.96. The van der Waals surface area contributed by atoms with E-state index in [-0.39, 0.29) is 5.56 Å². The van der Waals surface area contributed by atoms with Crippen molar-refractivity contribution in [3.63, 3.8) is 0 Å². The van der Waals surface area contributed by atoms with Gasteiger partial charge in [0.15, 0.2) is 0 Å². The number of carbonyl (C=O) groups is 1. The van der Waals surface area contributed by atoms with E-state index in [9.17, 15) is 17.6 Å². The Morgan fingerprint density at radius 2 is 1.86 bits per heavy atom. The number of para-hydroxylation sites is 1. The van der Waals surface area contributed by atoms with Crippen molar-refractivity contribution in [1.82, 2.24) is 0 Å². The van der Waals surface area contributed by atoms with Gasteiger partial charge in [-0.1, -0.05) is 23.7 Å². The standard InChI is InChI=1S/C13H10ClFN2O3S/c14-9-3-1-2-4-11(9)17-13(18)8-5-6-10(15)12(7-8)21(16,19)20/h1-7H,(H,17,18)(H2,16,19,20). The highest BCUT2D eigenvalue weighted by molar-refractivity contribution is 7.89. The number of hydrogen-bond acceptors (Lipinski definition) is 3. The lowest BCUT2D eigenvalue weighted by Crippen LogP contribution is -2.17. The van der Waals surface area contributed by atoms with Gasteiger partial charge in [0.25, 0.3) is 5.91 Å². The van der Waals surface area contributed by atoms with Gasteiger partial charge in [0.05, 0.1) is 10.7 Å². The molecule has 0 fully saturated rings. The summed E-state index contributed by atoms with van der Waals surface area (Å²) in [6, 6.07) is 9.40. The molecule has 0 heterocycles. The van der Waals surface area contributed by atoms with Crippen molar-refractivity contribution in [2.24, 2.45) is 5.14 Å². The molecule has 0 bridgehead atoms. The Morgan fingerprint density at radius 3 is 2.48 bits per heavy atom. The van der Waals surface area contributed by atoms with Crippen molar-refractivity contribution in [2.45, 2.75) is 4.90 Å². The van der Waals surface area contributed by atoms with Crippen LogP contribution in [0.4, 0.5) is 10.1 Å². The van der Waals surface area contributed by atoms with E-state index in [1.165, 1.54) is 0 Å². The minimum atomic E-state index is -4.25. The fourth-order valence-electron chi connectivity index (χ4n) is 1.62. The number of sulfonamides is 1. The number of anilines is 1. The van der Waals surface area contributed by atoms with E-state index in [1.54, 1.807) is 24.3 Å². The third-order valence-corrected chi connectivity index (χ3v) is 3.88.